The van der Waals surface area contributed by atoms with Crippen molar-refractivity contribution in [3.63, 3.8) is 0 Å². The largest absolute Gasteiger partial charge is 0.354 e. The summed E-state index contributed by atoms with van der Waals surface area (Å²) >= 11 is 0. The molecule has 0 bridgehead atoms. The zero-order valence-corrected chi connectivity index (χ0v) is 13.6. The molecule has 0 aliphatic heterocycles. The molecule has 0 atom stereocenters. The average Bonchev–Trinajstić information content (AvgIpc) is 2.49. The van der Waals surface area contributed by atoms with Crippen LogP contribution in [0.4, 0.5) is 5.95 Å². The number of amides is 1. The normalized spacial score (nSPS) is 10.7. The van der Waals surface area contributed by atoms with Gasteiger partial charge in [0.25, 0.3) is 5.91 Å². The average molecular weight is 293 g/mol. The molecular weight excluding hydrogens is 266 g/mol. The monoisotopic (exact) mass is 293 g/mol. The molecular formula is C15H27N5O. The molecule has 0 spiro atoms. The Kier molecular flexibility index (Phi) is 7.68. The van der Waals surface area contributed by atoms with Crippen molar-refractivity contribution in [2.24, 2.45) is 0 Å². The van der Waals surface area contributed by atoms with Gasteiger partial charge in [-0.3, -0.25) is 4.79 Å². The van der Waals surface area contributed by atoms with Crippen molar-refractivity contribution in [2.75, 3.05) is 46.1 Å². The predicted molar refractivity (Wildman–Crippen MR) is 85.6 cm³/mol. The summed E-state index contributed by atoms with van der Waals surface area (Å²) < 4.78 is 0. The molecule has 0 aliphatic rings. The second kappa shape index (κ2) is 9.28. The summed E-state index contributed by atoms with van der Waals surface area (Å²) in [6.07, 6.45) is 6.29. The lowest BCUT2D eigenvalue weighted by atomic mass is 10.2. The number of aromatic nitrogens is 2. The molecule has 0 unspecified atom stereocenters. The van der Waals surface area contributed by atoms with Crippen LogP contribution in [0, 0.1) is 0 Å². The minimum atomic E-state index is -0.0254. The van der Waals surface area contributed by atoms with Crippen LogP contribution in [0.3, 0.4) is 0 Å². The number of hydrogen-bond donors (Lipinski definition) is 1. The van der Waals surface area contributed by atoms with Crippen molar-refractivity contribution in [1.29, 1.82) is 0 Å². The molecule has 0 aromatic carbocycles. The van der Waals surface area contributed by atoms with Crippen molar-refractivity contribution in [1.82, 2.24) is 19.8 Å². The minimum absolute atomic E-state index is 0.0254. The number of nitrogens with one attached hydrogen (secondary N) is 1. The highest BCUT2D eigenvalue weighted by molar-refractivity contribution is 5.93. The van der Waals surface area contributed by atoms with Crippen LogP contribution in [0.5, 0.6) is 0 Å². The molecule has 21 heavy (non-hydrogen) atoms. The summed E-state index contributed by atoms with van der Waals surface area (Å²) in [5.74, 6) is 0.545. The standard InChI is InChI=1S/C15H27N5O/c1-5-6-10-20(4)14(21)13-11-17-15(18-12-13)16-8-7-9-19(2)3/h11-12H,5-10H2,1-4H3,(H,16,17,18). The molecule has 0 saturated carbocycles. The number of hydrogen-bond acceptors (Lipinski definition) is 5. The van der Waals surface area contributed by atoms with Crippen LogP contribution in [0.25, 0.3) is 0 Å². The molecule has 0 radical (unpaired) electrons. The fourth-order valence-corrected chi connectivity index (χ4v) is 1.84. The van der Waals surface area contributed by atoms with Crippen molar-refractivity contribution in [2.45, 2.75) is 26.2 Å². The summed E-state index contributed by atoms with van der Waals surface area (Å²) in [7, 11) is 5.91. The van der Waals surface area contributed by atoms with E-state index in [0.717, 1.165) is 38.9 Å². The quantitative estimate of drug-likeness (QED) is 0.702. The van der Waals surface area contributed by atoms with Gasteiger partial charge in [-0.25, -0.2) is 9.97 Å². The highest BCUT2D eigenvalue weighted by Crippen LogP contribution is 2.05. The van der Waals surface area contributed by atoms with Gasteiger partial charge >= 0.3 is 0 Å². The van der Waals surface area contributed by atoms with Gasteiger partial charge in [0.1, 0.15) is 0 Å². The number of nitrogens with zero attached hydrogens (tertiary/aromatic N) is 4. The minimum Gasteiger partial charge on any atom is -0.354 e. The molecule has 1 rings (SSSR count). The van der Waals surface area contributed by atoms with Gasteiger partial charge in [-0.1, -0.05) is 13.3 Å². The molecule has 1 N–H and O–H groups in total. The number of unbranched alkanes of at least 4 members (excludes halogenated alkanes) is 1. The maximum absolute atomic E-state index is 12.1. The van der Waals surface area contributed by atoms with Gasteiger partial charge in [0.05, 0.1) is 5.56 Å². The van der Waals surface area contributed by atoms with E-state index in [1.165, 1.54) is 0 Å². The Labute approximate surface area is 127 Å². The fourth-order valence-electron chi connectivity index (χ4n) is 1.84. The lowest BCUT2D eigenvalue weighted by Crippen LogP contribution is -2.28. The van der Waals surface area contributed by atoms with Gasteiger partial charge in [-0.05, 0) is 33.5 Å². The second-order valence-electron chi connectivity index (χ2n) is 5.46. The van der Waals surface area contributed by atoms with E-state index in [-0.39, 0.29) is 5.91 Å². The maximum atomic E-state index is 12.1. The van der Waals surface area contributed by atoms with E-state index in [9.17, 15) is 4.79 Å². The van der Waals surface area contributed by atoms with Crippen LogP contribution in [-0.2, 0) is 0 Å². The van der Waals surface area contributed by atoms with Crippen molar-refractivity contribution in [3.8, 4) is 0 Å². The van der Waals surface area contributed by atoms with Crippen LogP contribution < -0.4 is 5.32 Å². The Hall–Kier alpha value is -1.69. The third-order valence-corrected chi connectivity index (χ3v) is 3.16. The van der Waals surface area contributed by atoms with Gasteiger partial charge < -0.3 is 15.1 Å². The van der Waals surface area contributed by atoms with Crippen LogP contribution in [0.1, 0.15) is 36.5 Å². The topological polar surface area (TPSA) is 61.4 Å². The Morgan fingerprint density at radius 2 is 1.81 bits per heavy atom. The number of rotatable bonds is 9. The van der Waals surface area contributed by atoms with E-state index in [2.05, 4.69) is 27.1 Å². The molecule has 0 saturated heterocycles. The Balaban J connectivity index is 2.44. The van der Waals surface area contributed by atoms with E-state index in [4.69, 9.17) is 0 Å². The molecule has 6 nitrogen and oxygen atoms in total. The number of carbonyl (C=O) groups excluding carboxylic acids is 1. The first-order valence-electron chi connectivity index (χ1n) is 7.50. The van der Waals surface area contributed by atoms with E-state index < -0.39 is 0 Å². The van der Waals surface area contributed by atoms with Crippen molar-refractivity contribution in [3.05, 3.63) is 18.0 Å². The van der Waals surface area contributed by atoms with E-state index in [1.807, 2.05) is 21.1 Å². The van der Waals surface area contributed by atoms with E-state index >= 15 is 0 Å². The molecule has 0 aliphatic carbocycles. The lowest BCUT2D eigenvalue weighted by Gasteiger charge is -2.16. The van der Waals surface area contributed by atoms with Gasteiger partial charge in [0.15, 0.2) is 0 Å². The third kappa shape index (κ3) is 6.53. The second-order valence-corrected chi connectivity index (χ2v) is 5.46. The SMILES string of the molecule is CCCCN(C)C(=O)c1cnc(NCCCN(C)C)nc1. The fraction of sp³-hybridized carbons (Fsp3) is 0.667. The Bertz CT molecular complexity index is 419. The Morgan fingerprint density at radius 3 is 2.38 bits per heavy atom. The van der Waals surface area contributed by atoms with E-state index in [1.54, 1.807) is 17.3 Å². The van der Waals surface area contributed by atoms with Gasteiger partial charge in [-0.15, -0.1) is 0 Å². The number of anilines is 1. The van der Waals surface area contributed by atoms with E-state index in [0.29, 0.717) is 11.5 Å². The van der Waals surface area contributed by atoms with Crippen LogP contribution in [0.15, 0.2) is 12.4 Å². The van der Waals surface area contributed by atoms with Crippen LogP contribution in [-0.4, -0.2) is 66.5 Å². The molecule has 6 heteroatoms. The number of carbonyl (C=O) groups is 1. The van der Waals surface area contributed by atoms with Crippen LogP contribution >= 0.6 is 0 Å². The van der Waals surface area contributed by atoms with Crippen molar-refractivity contribution < 1.29 is 4.79 Å². The molecule has 1 amide bonds. The van der Waals surface area contributed by atoms with Crippen molar-refractivity contribution >= 4 is 11.9 Å². The predicted octanol–water partition coefficient (Wildman–Crippen LogP) is 1.71. The first-order chi connectivity index (χ1) is 10.0. The Morgan fingerprint density at radius 1 is 1.14 bits per heavy atom. The summed E-state index contributed by atoms with van der Waals surface area (Å²) in [4.78, 5) is 24.4. The third-order valence-electron chi connectivity index (χ3n) is 3.16. The summed E-state index contributed by atoms with van der Waals surface area (Å²) in [6, 6.07) is 0. The first-order valence-corrected chi connectivity index (χ1v) is 7.50. The van der Waals surface area contributed by atoms with Gasteiger partial charge in [0.2, 0.25) is 5.95 Å². The molecule has 1 aromatic heterocycles. The molecule has 0 fully saturated rings. The summed E-state index contributed by atoms with van der Waals surface area (Å²) in [6.45, 7) is 4.71. The van der Waals surface area contributed by atoms with Gasteiger partial charge in [0, 0.05) is 32.5 Å². The zero-order chi connectivity index (χ0) is 15.7. The zero-order valence-electron chi connectivity index (χ0n) is 13.6. The summed E-state index contributed by atoms with van der Waals surface area (Å²) in [5.41, 5.74) is 0.535. The van der Waals surface area contributed by atoms with Gasteiger partial charge in [-0.2, -0.15) is 0 Å². The highest BCUT2D eigenvalue weighted by atomic mass is 16.2. The molecule has 1 aromatic rings. The lowest BCUT2D eigenvalue weighted by molar-refractivity contribution is 0.0792. The van der Waals surface area contributed by atoms with Crippen LogP contribution in [0.2, 0.25) is 0 Å². The smallest absolute Gasteiger partial charge is 0.256 e. The highest BCUT2D eigenvalue weighted by Gasteiger charge is 2.12. The molecule has 118 valence electrons. The maximum Gasteiger partial charge on any atom is 0.256 e. The first kappa shape index (κ1) is 17.4. The molecule has 1 heterocycles. The summed E-state index contributed by atoms with van der Waals surface area (Å²) in [5, 5.41) is 3.16.